The van der Waals surface area contributed by atoms with Crippen LogP contribution in [-0.4, -0.2) is 10.9 Å². The molecule has 13 heavy (non-hydrogen) atoms. The highest BCUT2D eigenvalue weighted by Crippen LogP contribution is 2.25. The van der Waals surface area contributed by atoms with E-state index < -0.39 is 0 Å². The minimum Gasteiger partial charge on any atom is -0.241 e. The molecule has 0 aliphatic rings. The SMILES string of the molecule is ClCCc1nc2ccc(Br)cc2s1. The highest BCUT2D eigenvalue weighted by molar-refractivity contribution is 9.10. The molecule has 1 heterocycles. The minimum absolute atomic E-state index is 0.640. The van der Waals surface area contributed by atoms with Crippen molar-refractivity contribution < 1.29 is 0 Å². The number of hydrogen-bond donors (Lipinski definition) is 0. The number of hydrogen-bond acceptors (Lipinski definition) is 2. The van der Waals surface area contributed by atoms with Crippen LogP contribution < -0.4 is 0 Å². The molecule has 4 heteroatoms. The zero-order chi connectivity index (χ0) is 9.26. The molecule has 0 atom stereocenters. The van der Waals surface area contributed by atoms with Crippen LogP contribution >= 0.6 is 38.9 Å². The highest BCUT2D eigenvalue weighted by Gasteiger charge is 2.02. The Labute approximate surface area is 93.9 Å². The standard InChI is InChI=1S/C9H7BrClNS/c10-6-1-2-7-8(5-6)13-9(12-7)3-4-11/h1-2,5H,3-4H2. The zero-order valence-electron chi connectivity index (χ0n) is 6.76. The van der Waals surface area contributed by atoms with Crippen molar-refractivity contribution >= 4 is 49.1 Å². The summed E-state index contributed by atoms with van der Waals surface area (Å²) in [7, 11) is 0. The summed E-state index contributed by atoms with van der Waals surface area (Å²) in [5.74, 6) is 0.640. The van der Waals surface area contributed by atoms with Crippen LogP contribution in [0.5, 0.6) is 0 Å². The van der Waals surface area contributed by atoms with E-state index in [0.29, 0.717) is 5.88 Å². The molecular formula is C9H7BrClNS. The fourth-order valence-corrected chi connectivity index (χ4v) is 2.94. The molecule has 0 unspecified atom stereocenters. The predicted octanol–water partition coefficient (Wildman–Crippen LogP) is 3.84. The Morgan fingerprint density at radius 2 is 2.31 bits per heavy atom. The topological polar surface area (TPSA) is 12.9 Å². The van der Waals surface area contributed by atoms with Crippen molar-refractivity contribution in [3.05, 3.63) is 27.7 Å². The number of aryl methyl sites for hydroxylation is 1. The summed E-state index contributed by atoms with van der Waals surface area (Å²) in [6, 6.07) is 6.12. The van der Waals surface area contributed by atoms with Crippen LogP contribution in [0.2, 0.25) is 0 Å². The Balaban J connectivity index is 2.49. The van der Waals surface area contributed by atoms with Gasteiger partial charge in [0.05, 0.1) is 15.2 Å². The molecule has 0 bridgehead atoms. The van der Waals surface area contributed by atoms with E-state index in [9.17, 15) is 0 Å². The van der Waals surface area contributed by atoms with Crippen LogP contribution in [0.15, 0.2) is 22.7 Å². The lowest BCUT2D eigenvalue weighted by Crippen LogP contribution is -1.81. The number of rotatable bonds is 2. The highest BCUT2D eigenvalue weighted by atomic mass is 79.9. The molecule has 0 spiro atoms. The van der Waals surface area contributed by atoms with Crippen molar-refractivity contribution in [3.63, 3.8) is 0 Å². The summed E-state index contributed by atoms with van der Waals surface area (Å²) in [5, 5.41) is 1.11. The Hall–Kier alpha value is -0.120. The van der Waals surface area contributed by atoms with E-state index in [1.807, 2.05) is 12.1 Å². The second-order valence-electron chi connectivity index (χ2n) is 2.66. The summed E-state index contributed by atoms with van der Waals surface area (Å²) >= 11 is 10.8. The molecular weight excluding hydrogens is 270 g/mol. The largest absolute Gasteiger partial charge is 0.241 e. The molecule has 0 saturated heterocycles. The van der Waals surface area contributed by atoms with Crippen molar-refractivity contribution in [2.75, 3.05) is 5.88 Å². The van der Waals surface area contributed by atoms with Gasteiger partial charge in [-0.25, -0.2) is 4.98 Å². The summed E-state index contributed by atoms with van der Waals surface area (Å²) < 4.78 is 2.32. The molecule has 0 fully saturated rings. The second-order valence-corrected chi connectivity index (χ2v) is 5.07. The van der Waals surface area contributed by atoms with Gasteiger partial charge in [-0.2, -0.15) is 0 Å². The summed E-state index contributed by atoms with van der Waals surface area (Å²) in [5.41, 5.74) is 1.06. The number of alkyl halides is 1. The van der Waals surface area contributed by atoms with E-state index in [2.05, 4.69) is 27.0 Å². The smallest absolute Gasteiger partial charge is 0.0950 e. The number of benzene rings is 1. The molecule has 1 aromatic heterocycles. The van der Waals surface area contributed by atoms with Crippen molar-refractivity contribution in [1.29, 1.82) is 0 Å². The first-order valence-electron chi connectivity index (χ1n) is 3.90. The van der Waals surface area contributed by atoms with Crippen LogP contribution in [-0.2, 0) is 6.42 Å². The lowest BCUT2D eigenvalue weighted by molar-refractivity contribution is 1.12. The van der Waals surface area contributed by atoms with E-state index in [1.165, 1.54) is 4.70 Å². The number of halogens is 2. The van der Waals surface area contributed by atoms with Crippen LogP contribution in [0.1, 0.15) is 5.01 Å². The van der Waals surface area contributed by atoms with E-state index in [1.54, 1.807) is 11.3 Å². The lowest BCUT2D eigenvalue weighted by Gasteiger charge is -1.86. The number of thiazole rings is 1. The summed E-state index contributed by atoms with van der Waals surface area (Å²) in [4.78, 5) is 4.46. The van der Waals surface area contributed by atoms with Gasteiger partial charge in [-0.05, 0) is 18.2 Å². The summed E-state index contributed by atoms with van der Waals surface area (Å²) in [6.07, 6.45) is 0.860. The quantitative estimate of drug-likeness (QED) is 0.760. The number of nitrogens with zero attached hydrogens (tertiary/aromatic N) is 1. The Morgan fingerprint density at radius 1 is 1.46 bits per heavy atom. The first-order chi connectivity index (χ1) is 6.29. The second kappa shape index (κ2) is 3.95. The van der Waals surface area contributed by atoms with E-state index in [0.717, 1.165) is 21.4 Å². The van der Waals surface area contributed by atoms with E-state index in [4.69, 9.17) is 11.6 Å². The monoisotopic (exact) mass is 275 g/mol. The van der Waals surface area contributed by atoms with E-state index >= 15 is 0 Å². The fourth-order valence-electron chi connectivity index (χ4n) is 1.13. The van der Waals surface area contributed by atoms with Crippen LogP contribution in [0, 0.1) is 0 Å². The molecule has 0 N–H and O–H groups in total. The molecule has 2 aromatic rings. The zero-order valence-corrected chi connectivity index (χ0v) is 9.92. The third-order valence-electron chi connectivity index (χ3n) is 1.70. The van der Waals surface area contributed by atoms with Gasteiger partial charge in [0.15, 0.2) is 0 Å². The average Bonchev–Trinajstić information content (AvgIpc) is 2.46. The molecule has 0 aliphatic heterocycles. The Kier molecular flexibility index (Phi) is 2.86. The number of fused-ring (bicyclic) bond motifs is 1. The minimum atomic E-state index is 0.640. The Morgan fingerprint density at radius 3 is 3.08 bits per heavy atom. The maximum absolute atomic E-state index is 5.65. The normalized spacial score (nSPS) is 10.9. The third-order valence-corrected chi connectivity index (χ3v) is 3.46. The molecule has 1 nitrogen and oxygen atoms in total. The van der Waals surface area contributed by atoms with Gasteiger partial charge >= 0.3 is 0 Å². The van der Waals surface area contributed by atoms with Gasteiger partial charge in [0.2, 0.25) is 0 Å². The van der Waals surface area contributed by atoms with Crippen molar-refractivity contribution in [1.82, 2.24) is 4.98 Å². The molecule has 1 aromatic carbocycles. The van der Waals surface area contributed by atoms with Gasteiger partial charge in [0.1, 0.15) is 0 Å². The van der Waals surface area contributed by atoms with Gasteiger partial charge in [-0.3, -0.25) is 0 Å². The van der Waals surface area contributed by atoms with E-state index in [-0.39, 0.29) is 0 Å². The lowest BCUT2D eigenvalue weighted by atomic mass is 10.3. The molecule has 0 saturated carbocycles. The van der Waals surface area contributed by atoms with Gasteiger partial charge in [-0.1, -0.05) is 15.9 Å². The van der Waals surface area contributed by atoms with Gasteiger partial charge in [0.25, 0.3) is 0 Å². The first kappa shape index (κ1) is 9.44. The average molecular weight is 277 g/mol. The van der Waals surface area contributed by atoms with Crippen molar-refractivity contribution in [3.8, 4) is 0 Å². The van der Waals surface area contributed by atoms with Crippen LogP contribution in [0.3, 0.4) is 0 Å². The third kappa shape index (κ3) is 2.03. The molecule has 2 rings (SSSR count). The number of aromatic nitrogens is 1. The molecule has 68 valence electrons. The van der Waals surface area contributed by atoms with Crippen molar-refractivity contribution in [2.24, 2.45) is 0 Å². The van der Waals surface area contributed by atoms with Gasteiger partial charge in [-0.15, -0.1) is 22.9 Å². The maximum Gasteiger partial charge on any atom is 0.0950 e. The predicted molar refractivity (Wildman–Crippen MR) is 61.7 cm³/mol. The Bertz CT molecular complexity index is 426. The maximum atomic E-state index is 5.65. The van der Waals surface area contributed by atoms with Gasteiger partial charge < -0.3 is 0 Å². The fraction of sp³-hybridized carbons (Fsp3) is 0.222. The van der Waals surface area contributed by atoms with Crippen molar-refractivity contribution in [2.45, 2.75) is 6.42 Å². The summed E-state index contributed by atoms with van der Waals surface area (Å²) in [6.45, 7) is 0. The van der Waals surface area contributed by atoms with Crippen LogP contribution in [0.25, 0.3) is 10.2 Å². The van der Waals surface area contributed by atoms with Crippen LogP contribution in [0.4, 0.5) is 0 Å². The molecule has 0 radical (unpaired) electrons. The first-order valence-corrected chi connectivity index (χ1v) is 6.05. The molecule has 0 aliphatic carbocycles. The molecule has 0 amide bonds. The van der Waals surface area contributed by atoms with Gasteiger partial charge in [0, 0.05) is 16.8 Å².